The standard InChI is InChI=1S/C13H19NO2/c1-2-16-11-8-4-7-10(13(11)15)12(14)9-5-3-6-9/h4,7-9,12,15H,2-3,5-6,14H2,1H3/t12-/m1/s1. The molecular weight excluding hydrogens is 202 g/mol. The molecule has 0 bridgehead atoms. The molecule has 3 nitrogen and oxygen atoms in total. The van der Waals surface area contributed by atoms with Crippen molar-refractivity contribution in [2.45, 2.75) is 32.2 Å². The summed E-state index contributed by atoms with van der Waals surface area (Å²) in [4.78, 5) is 0. The van der Waals surface area contributed by atoms with Gasteiger partial charge in [-0.05, 0) is 31.7 Å². The molecule has 0 heterocycles. The second-order valence-corrected chi connectivity index (χ2v) is 4.34. The van der Waals surface area contributed by atoms with Crippen molar-refractivity contribution in [2.75, 3.05) is 6.61 Å². The van der Waals surface area contributed by atoms with E-state index in [0.29, 0.717) is 18.3 Å². The fraction of sp³-hybridized carbons (Fsp3) is 0.538. The average molecular weight is 221 g/mol. The lowest BCUT2D eigenvalue weighted by molar-refractivity contribution is 0.257. The van der Waals surface area contributed by atoms with Crippen molar-refractivity contribution < 1.29 is 9.84 Å². The Morgan fingerprint density at radius 3 is 2.81 bits per heavy atom. The van der Waals surface area contributed by atoms with Gasteiger partial charge in [0.1, 0.15) is 0 Å². The van der Waals surface area contributed by atoms with E-state index in [1.54, 1.807) is 6.07 Å². The third kappa shape index (κ3) is 2.00. The normalized spacial score (nSPS) is 17.9. The Kier molecular flexibility index (Phi) is 3.34. The van der Waals surface area contributed by atoms with Gasteiger partial charge in [0.25, 0.3) is 0 Å². The number of aromatic hydroxyl groups is 1. The zero-order chi connectivity index (χ0) is 11.5. The van der Waals surface area contributed by atoms with Gasteiger partial charge in [0.2, 0.25) is 0 Å². The number of phenolic OH excluding ortho intramolecular Hbond substituents is 1. The minimum absolute atomic E-state index is 0.0610. The molecule has 1 aliphatic rings. The number of nitrogens with two attached hydrogens (primary N) is 1. The summed E-state index contributed by atoms with van der Waals surface area (Å²) in [5, 5.41) is 10.1. The number of para-hydroxylation sites is 1. The Bertz CT molecular complexity index is 361. The predicted octanol–water partition coefficient (Wildman–Crippen LogP) is 2.59. The molecule has 0 unspecified atom stereocenters. The fourth-order valence-electron chi connectivity index (χ4n) is 2.13. The van der Waals surface area contributed by atoms with Gasteiger partial charge in [-0.2, -0.15) is 0 Å². The summed E-state index contributed by atoms with van der Waals surface area (Å²) in [6, 6.07) is 5.49. The van der Waals surface area contributed by atoms with E-state index in [9.17, 15) is 5.11 Å². The van der Waals surface area contributed by atoms with E-state index >= 15 is 0 Å². The van der Waals surface area contributed by atoms with Crippen molar-refractivity contribution in [3.63, 3.8) is 0 Å². The Hall–Kier alpha value is -1.22. The highest BCUT2D eigenvalue weighted by atomic mass is 16.5. The highest BCUT2D eigenvalue weighted by Crippen LogP contribution is 2.41. The molecule has 3 N–H and O–H groups in total. The van der Waals surface area contributed by atoms with Crippen LogP contribution < -0.4 is 10.5 Å². The summed E-state index contributed by atoms with van der Waals surface area (Å²) >= 11 is 0. The van der Waals surface area contributed by atoms with Gasteiger partial charge in [0, 0.05) is 11.6 Å². The molecule has 0 saturated heterocycles. The van der Waals surface area contributed by atoms with Gasteiger partial charge in [-0.25, -0.2) is 0 Å². The Morgan fingerprint density at radius 1 is 1.50 bits per heavy atom. The lowest BCUT2D eigenvalue weighted by Gasteiger charge is -2.31. The molecule has 88 valence electrons. The maximum atomic E-state index is 10.1. The molecule has 0 spiro atoms. The van der Waals surface area contributed by atoms with Crippen LogP contribution in [-0.4, -0.2) is 11.7 Å². The fourth-order valence-corrected chi connectivity index (χ4v) is 2.13. The van der Waals surface area contributed by atoms with Crippen LogP contribution in [-0.2, 0) is 0 Å². The summed E-state index contributed by atoms with van der Waals surface area (Å²) in [6.45, 7) is 2.45. The first-order valence-electron chi connectivity index (χ1n) is 5.94. The quantitative estimate of drug-likeness (QED) is 0.821. The third-order valence-corrected chi connectivity index (χ3v) is 3.35. The van der Waals surface area contributed by atoms with Crippen LogP contribution in [0.4, 0.5) is 0 Å². The number of ether oxygens (including phenoxy) is 1. The number of rotatable bonds is 4. The van der Waals surface area contributed by atoms with E-state index in [-0.39, 0.29) is 11.8 Å². The lowest BCUT2D eigenvalue weighted by Crippen LogP contribution is -2.26. The number of hydrogen-bond acceptors (Lipinski definition) is 3. The molecule has 1 aromatic rings. The van der Waals surface area contributed by atoms with E-state index < -0.39 is 0 Å². The largest absolute Gasteiger partial charge is 0.504 e. The summed E-state index contributed by atoms with van der Waals surface area (Å²) in [6.07, 6.45) is 3.59. The smallest absolute Gasteiger partial charge is 0.162 e. The Balaban J connectivity index is 2.22. The molecule has 0 radical (unpaired) electrons. The van der Waals surface area contributed by atoms with Crippen molar-refractivity contribution >= 4 is 0 Å². The third-order valence-electron chi connectivity index (χ3n) is 3.35. The van der Waals surface area contributed by atoms with E-state index in [1.165, 1.54) is 19.3 Å². The summed E-state index contributed by atoms with van der Waals surface area (Å²) in [5.74, 6) is 1.27. The van der Waals surface area contributed by atoms with Crippen LogP contribution in [0.3, 0.4) is 0 Å². The monoisotopic (exact) mass is 221 g/mol. The zero-order valence-electron chi connectivity index (χ0n) is 9.65. The van der Waals surface area contributed by atoms with Gasteiger partial charge in [0.05, 0.1) is 6.61 Å². The summed E-state index contributed by atoms with van der Waals surface area (Å²) < 4.78 is 5.35. The second-order valence-electron chi connectivity index (χ2n) is 4.34. The second kappa shape index (κ2) is 4.74. The average Bonchev–Trinajstić information content (AvgIpc) is 2.18. The van der Waals surface area contributed by atoms with Crippen LogP contribution in [0.1, 0.15) is 37.8 Å². The Labute approximate surface area is 96.2 Å². The van der Waals surface area contributed by atoms with Crippen LogP contribution >= 0.6 is 0 Å². The van der Waals surface area contributed by atoms with Crippen molar-refractivity contribution in [1.82, 2.24) is 0 Å². The van der Waals surface area contributed by atoms with Gasteiger partial charge >= 0.3 is 0 Å². The van der Waals surface area contributed by atoms with Gasteiger partial charge in [-0.15, -0.1) is 0 Å². The number of hydrogen-bond donors (Lipinski definition) is 2. The molecule has 0 aromatic heterocycles. The van der Waals surface area contributed by atoms with Crippen LogP contribution in [0.5, 0.6) is 11.5 Å². The van der Waals surface area contributed by atoms with Gasteiger partial charge < -0.3 is 15.6 Å². The number of phenols is 1. The van der Waals surface area contributed by atoms with Crippen LogP contribution in [0.25, 0.3) is 0 Å². The van der Waals surface area contributed by atoms with E-state index in [1.807, 2.05) is 19.1 Å². The van der Waals surface area contributed by atoms with Gasteiger partial charge in [0.15, 0.2) is 11.5 Å². The van der Waals surface area contributed by atoms with E-state index in [0.717, 1.165) is 5.56 Å². The molecular formula is C13H19NO2. The lowest BCUT2D eigenvalue weighted by atomic mass is 9.77. The van der Waals surface area contributed by atoms with E-state index in [4.69, 9.17) is 10.5 Å². The zero-order valence-corrected chi connectivity index (χ0v) is 9.65. The van der Waals surface area contributed by atoms with Gasteiger partial charge in [-0.1, -0.05) is 18.6 Å². The molecule has 16 heavy (non-hydrogen) atoms. The molecule has 1 aliphatic carbocycles. The maximum Gasteiger partial charge on any atom is 0.162 e. The molecule has 0 amide bonds. The van der Waals surface area contributed by atoms with Crippen molar-refractivity contribution in [2.24, 2.45) is 11.7 Å². The first-order valence-corrected chi connectivity index (χ1v) is 5.94. The minimum atomic E-state index is -0.0610. The Morgan fingerprint density at radius 2 is 2.25 bits per heavy atom. The highest BCUT2D eigenvalue weighted by Gasteiger charge is 2.27. The first-order chi connectivity index (χ1) is 7.74. The SMILES string of the molecule is CCOc1cccc([C@H](N)C2CCC2)c1O. The number of benzene rings is 1. The summed E-state index contributed by atoms with van der Waals surface area (Å²) in [7, 11) is 0. The van der Waals surface area contributed by atoms with Crippen molar-refractivity contribution in [1.29, 1.82) is 0 Å². The first kappa shape index (κ1) is 11.3. The molecule has 2 rings (SSSR count). The van der Waals surface area contributed by atoms with Crippen LogP contribution in [0.2, 0.25) is 0 Å². The van der Waals surface area contributed by atoms with Crippen molar-refractivity contribution in [3.05, 3.63) is 23.8 Å². The van der Waals surface area contributed by atoms with E-state index in [2.05, 4.69) is 0 Å². The summed E-state index contributed by atoms with van der Waals surface area (Å²) in [5.41, 5.74) is 6.97. The van der Waals surface area contributed by atoms with Crippen LogP contribution in [0, 0.1) is 5.92 Å². The van der Waals surface area contributed by atoms with Crippen molar-refractivity contribution in [3.8, 4) is 11.5 Å². The molecule has 1 atom stereocenters. The molecule has 3 heteroatoms. The molecule has 0 aliphatic heterocycles. The highest BCUT2D eigenvalue weighted by molar-refractivity contribution is 5.47. The predicted molar refractivity (Wildman–Crippen MR) is 63.5 cm³/mol. The topological polar surface area (TPSA) is 55.5 Å². The minimum Gasteiger partial charge on any atom is -0.504 e. The van der Waals surface area contributed by atoms with Crippen LogP contribution in [0.15, 0.2) is 18.2 Å². The molecule has 1 fully saturated rings. The maximum absolute atomic E-state index is 10.1. The van der Waals surface area contributed by atoms with Gasteiger partial charge in [-0.3, -0.25) is 0 Å². The molecule has 1 aromatic carbocycles. The molecule has 1 saturated carbocycles.